The molecule has 0 aromatic heterocycles. The van der Waals surface area contributed by atoms with Gasteiger partial charge in [0.05, 0.1) is 28.5 Å². The molecule has 0 N–H and O–H groups in total. The molecule has 0 radical (unpaired) electrons. The lowest BCUT2D eigenvalue weighted by Gasteiger charge is -2.44. The SMILES string of the molecule is O=C1C(Cl)C(c2ccc([N+](=O)[O-])cc2)N1c1cccc(CN2CCN=C2c2cccc(N3C(=O)C(Cl)C3c3ccc([N+](=O)[O-])cc3)c2)c1. The van der Waals surface area contributed by atoms with Gasteiger partial charge in [0.25, 0.3) is 11.4 Å². The maximum atomic E-state index is 13.0. The summed E-state index contributed by atoms with van der Waals surface area (Å²) in [7, 11) is 0. The molecule has 3 aliphatic rings. The zero-order valence-corrected chi connectivity index (χ0v) is 26.6. The minimum atomic E-state index is -0.796. The third-order valence-electron chi connectivity index (χ3n) is 8.82. The number of benzene rings is 4. The van der Waals surface area contributed by atoms with Gasteiger partial charge >= 0.3 is 0 Å². The van der Waals surface area contributed by atoms with Crippen LogP contribution in [0.4, 0.5) is 22.7 Å². The molecule has 242 valence electrons. The lowest BCUT2D eigenvalue weighted by atomic mass is 9.92. The lowest BCUT2D eigenvalue weighted by Crippen LogP contribution is -2.56. The molecule has 0 bridgehead atoms. The van der Waals surface area contributed by atoms with Crippen LogP contribution in [-0.4, -0.2) is 56.2 Å². The normalized spacial score (nSPS) is 21.9. The minimum Gasteiger partial charge on any atom is -0.350 e. The second-order valence-corrected chi connectivity index (χ2v) is 12.6. The first-order valence-electron chi connectivity index (χ1n) is 15.0. The molecule has 7 rings (SSSR count). The molecule has 0 saturated carbocycles. The van der Waals surface area contributed by atoms with E-state index in [2.05, 4.69) is 4.90 Å². The van der Waals surface area contributed by atoms with E-state index in [-0.39, 0.29) is 23.2 Å². The monoisotopic (exact) mass is 684 g/mol. The number of carbonyl (C=O) groups excluding carboxylic acids is 2. The van der Waals surface area contributed by atoms with E-state index < -0.39 is 32.7 Å². The van der Waals surface area contributed by atoms with E-state index in [4.69, 9.17) is 28.2 Å². The highest BCUT2D eigenvalue weighted by Crippen LogP contribution is 2.44. The van der Waals surface area contributed by atoms with E-state index in [9.17, 15) is 29.8 Å². The summed E-state index contributed by atoms with van der Waals surface area (Å²) in [6.07, 6.45) is 0. The number of carbonyl (C=O) groups is 2. The Morgan fingerprint density at radius 2 is 1.21 bits per heavy atom. The molecule has 0 aliphatic carbocycles. The molecule has 4 unspecified atom stereocenters. The molecule has 14 heteroatoms. The van der Waals surface area contributed by atoms with Gasteiger partial charge in [-0.3, -0.25) is 34.8 Å². The first-order chi connectivity index (χ1) is 23.1. The lowest BCUT2D eigenvalue weighted by molar-refractivity contribution is -0.385. The second kappa shape index (κ2) is 12.4. The average Bonchev–Trinajstić information content (AvgIpc) is 3.56. The molecule has 4 aromatic carbocycles. The van der Waals surface area contributed by atoms with E-state index >= 15 is 0 Å². The molecule has 48 heavy (non-hydrogen) atoms. The molecule has 3 aliphatic heterocycles. The molecular weight excluding hydrogens is 659 g/mol. The Hall–Kier alpha value is -5.33. The number of nitro benzene ring substituents is 2. The van der Waals surface area contributed by atoms with E-state index in [1.807, 2.05) is 48.5 Å². The number of aliphatic imine (C=N–C) groups is 1. The van der Waals surface area contributed by atoms with Crippen molar-refractivity contribution >= 4 is 63.6 Å². The minimum absolute atomic E-state index is 0.0401. The van der Waals surface area contributed by atoms with Crippen molar-refractivity contribution < 1.29 is 19.4 Å². The van der Waals surface area contributed by atoms with Crippen molar-refractivity contribution in [1.29, 1.82) is 0 Å². The first kappa shape index (κ1) is 31.3. The summed E-state index contributed by atoms with van der Waals surface area (Å²) in [5.74, 6) is 0.254. The fourth-order valence-corrected chi connectivity index (χ4v) is 7.16. The zero-order chi connectivity index (χ0) is 33.7. The predicted molar refractivity (Wildman–Crippen MR) is 181 cm³/mol. The van der Waals surface area contributed by atoms with Crippen molar-refractivity contribution in [2.75, 3.05) is 22.9 Å². The van der Waals surface area contributed by atoms with E-state index in [0.717, 1.165) is 17.0 Å². The number of amidine groups is 1. The van der Waals surface area contributed by atoms with Gasteiger partial charge in [-0.2, -0.15) is 0 Å². The number of hydrogen-bond donors (Lipinski definition) is 0. The van der Waals surface area contributed by atoms with Crippen molar-refractivity contribution in [3.8, 4) is 0 Å². The van der Waals surface area contributed by atoms with Crippen molar-refractivity contribution in [2.45, 2.75) is 29.4 Å². The highest BCUT2D eigenvalue weighted by molar-refractivity contribution is 6.38. The van der Waals surface area contributed by atoms with Gasteiger partial charge < -0.3 is 14.7 Å². The summed E-state index contributed by atoms with van der Waals surface area (Å²) >= 11 is 12.9. The smallest absolute Gasteiger partial charge is 0.269 e. The Kier molecular flexibility index (Phi) is 8.06. The molecule has 12 nitrogen and oxygen atoms in total. The van der Waals surface area contributed by atoms with E-state index in [0.29, 0.717) is 42.1 Å². The molecule has 2 fully saturated rings. The van der Waals surface area contributed by atoms with Crippen LogP contribution in [0.3, 0.4) is 0 Å². The Morgan fingerprint density at radius 3 is 1.73 bits per heavy atom. The second-order valence-electron chi connectivity index (χ2n) is 11.7. The number of rotatable bonds is 9. The number of non-ortho nitro benzene ring substituents is 2. The van der Waals surface area contributed by atoms with Crippen LogP contribution in [0.25, 0.3) is 0 Å². The van der Waals surface area contributed by atoms with Gasteiger partial charge in [-0.15, -0.1) is 23.2 Å². The van der Waals surface area contributed by atoms with Crippen molar-refractivity contribution in [3.05, 3.63) is 140 Å². The van der Waals surface area contributed by atoms with Crippen LogP contribution in [-0.2, 0) is 16.1 Å². The highest BCUT2D eigenvalue weighted by atomic mass is 35.5. The van der Waals surface area contributed by atoms with Gasteiger partial charge in [0.15, 0.2) is 0 Å². The maximum Gasteiger partial charge on any atom is 0.269 e. The van der Waals surface area contributed by atoms with Crippen LogP contribution >= 0.6 is 23.2 Å². The number of amides is 2. The van der Waals surface area contributed by atoms with Gasteiger partial charge in [-0.1, -0.05) is 48.5 Å². The molecular formula is C34H26Cl2N6O6. The third-order valence-corrected chi connectivity index (χ3v) is 9.67. The largest absolute Gasteiger partial charge is 0.350 e. The van der Waals surface area contributed by atoms with Gasteiger partial charge in [0.1, 0.15) is 16.6 Å². The summed E-state index contributed by atoms with van der Waals surface area (Å²) < 4.78 is 0. The fourth-order valence-electron chi connectivity index (χ4n) is 6.44. The Balaban J connectivity index is 1.09. The first-order valence-corrected chi connectivity index (χ1v) is 15.9. The van der Waals surface area contributed by atoms with Gasteiger partial charge in [-0.25, -0.2) is 0 Å². The molecule has 0 spiro atoms. The number of β-lactam (4-membered cyclic amide) rings is 2. The topological polar surface area (TPSA) is 142 Å². The number of anilines is 2. The molecule has 4 atom stereocenters. The van der Waals surface area contributed by atoms with Crippen LogP contribution in [0.15, 0.2) is 102 Å². The van der Waals surface area contributed by atoms with Crippen LogP contribution in [0.5, 0.6) is 0 Å². The summed E-state index contributed by atoms with van der Waals surface area (Å²) in [6.45, 7) is 1.75. The van der Waals surface area contributed by atoms with Gasteiger partial charge in [-0.05, 0) is 41.0 Å². The predicted octanol–water partition coefficient (Wildman–Crippen LogP) is 6.16. The van der Waals surface area contributed by atoms with E-state index in [1.54, 1.807) is 34.1 Å². The van der Waals surface area contributed by atoms with Gasteiger partial charge in [0.2, 0.25) is 11.8 Å². The van der Waals surface area contributed by atoms with Crippen molar-refractivity contribution in [2.24, 2.45) is 4.99 Å². The van der Waals surface area contributed by atoms with Crippen molar-refractivity contribution in [3.63, 3.8) is 0 Å². The summed E-state index contributed by atoms with van der Waals surface area (Å²) in [5.41, 5.74) is 4.38. The Bertz CT molecular complexity index is 1990. The molecule has 3 heterocycles. The molecule has 2 amide bonds. The highest BCUT2D eigenvalue weighted by Gasteiger charge is 2.49. The number of halogens is 2. The quantitative estimate of drug-likeness (QED) is 0.0890. The summed E-state index contributed by atoms with van der Waals surface area (Å²) in [4.78, 5) is 57.3. The number of alkyl halides is 2. The Morgan fingerprint density at radius 1 is 0.708 bits per heavy atom. The average molecular weight is 686 g/mol. The number of nitro groups is 2. The standard InChI is InChI=1S/C34H26Cl2N6O6/c35-28-30(21-7-11-24(12-8-21)41(45)46)39(33(28)43)26-5-1-3-20(17-26)19-38-16-15-37-32(38)23-4-2-6-27(18-23)40-31(29(36)34(40)44)22-9-13-25(14-10-22)42(47)48/h1-14,17-18,28-31H,15-16,19H2. The van der Waals surface area contributed by atoms with Crippen LogP contribution < -0.4 is 9.80 Å². The summed E-state index contributed by atoms with van der Waals surface area (Å²) in [5, 5.41) is 20.6. The number of hydrogen-bond acceptors (Lipinski definition) is 8. The van der Waals surface area contributed by atoms with E-state index in [1.165, 1.54) is 24.3 Å². The molecule has 2 saturated heterocycles. The van der Waals surface area contributed by atoms with Crippen LogP contribution in [0.1, 0.15) is 34.3 Å². The fraction of sp³-hybridized carbons (Fsp3) is 0.206. The molecule has 4 aromatic rings. The van der Waals surface area contributed by atoms with Crippen molar-refractivity contribution in [1.82, 2.24) is 4.90 Å². The number of nitrogens with zero attached hydrogens (tertiary/aromatic N) is 6. The Labute approximate surface area is 284 Å². The van der Waals surface area contributed by atoms with Gasteiger partial charge in [0, 0.05) is 54.3 Å². The summed E-state index contributed by atoms with van der Waals surface area (Å²) in [6, 6.07) is 26.2. The zero-order valence-electron chi connectivity index (χ0n) is 25.1. The van der Waals surface area contributed by atoms with Crippen LogP contribution in [0.2, 0.25) is 0 Å². The third kappa shape index (κ3) is 5.42. The van der Waals surface area contributed by atoms with Crippen LogP contribution in [0, 0.1) is 20.2 Å². The maximum absolute atomic E-state index is 13.0.